The molecule has 1 saturated carbocycles. The zero-order valence-corrected chi connectivity index (χ0v) is 16.1. The van der Waals surface area contributed by atoms with Crippen molar-refractivity contribution in [2.24, 2.45) is 5.92 Å². The Balaban J connectivity index is 1.56. The number of aromatic hydroxyl groups is 1. The van der Waals surface area contributed by atoms with Gasteiger partial charge in [0, 0.05) is 11.5 Å². The molecule has 0 spiro atoms. The van der Waals surface area contributed by atoms with Gasteiger partial charge in [-0.2, -0.15) is 13.2 Å². The zero-order valence-electron chi connectivity index (χ0n) is 16.1. The van der Waals surface area contributed by atoms with Crippen LogP contribution in [0.2, 0.25) is 0 Å². The van der Waals surface area contributed by atoms with Gasteiger partial charge in [-0.15, -0.1) is 0 Å². The molecule has 0 amide bonds. The van der Waals surface area contributed by atoms with E-state index < -0.39 is 11.7 Å². The summed E-state index contributed by atoms with van der Waals surface area (Å²) in [6.07, 6.45) is 2.25. The predicted molar refractivity (Wildman–Crippen MR) is 107 cm³/mol. The number of rotatable bonds is 2. The van der Waals surface area contributed by atoms with Crippen molar-refractivity contribution in [1.82, 2.24) is 5.32 Å². The number of nitrogens with one attached hydrogen (secondary N) is 2. The molecule has 2 aromatic carbocycles. The highest BCUT2D eigenvalue weighted by Gasteiger charge is 2.51. The Hall–Kier alpha value is -2.21. The van der Waals surface area contributed by atoms with Gasteiger partial charge in [-0.1, -0.05) is 25.0 Å². The molecule has 3 N–H and O–H groups in total. The summed E-state index contributed by atoms with van der Waals surface area (Å²) >= 11 is 0. The van der Waals surface area contributed by atoms with E-state index >= 15 is 0 Å². The van der Waals surface area contributed by atoms with Crippen LogP contribution in [-0.2, 0) is 18.0 Å². The highest BCUT2D eigenvalue weighted by atomic mass is 19.4. The van der Waals surface area contributed by atoms with Crippen LogP contribution in [-0.4, -0.2) is 17.7 Å². The topological polar surface area (TPSA) is 44.3 Å². The maximum absolute atomic E-state index is 13.4. The van der Waals surface area contributed by atoms with E-state index in [2.05, 4.69) is 10.6 Å². The van der Waals surface area contributed by atoms with E-state index in [0.717, 1.165) is 37.4 Å². The normalized spacial score (nSPS) is 28.4. The Morgan fingerprint density at radius 3 is 2.72 bits per heavy atom. The molecule has 2 fully saturated rings. The average molecular weight is 402 g/mol. The Morgan fingerprint density at radius 2 is 1.90 bits per heavy atom. The fourth-order valence-corrected chi connectivity index (χ4v) is 6.06. The summed E-state index contributed by atoms with van der Waals surface area (Å²) in [5.41, 5.74) is 2.02. The van der Waals surface area contributed by atoms with Crippen LogP contribution in [0.1, 0.15) is 48.8 Å². The van der Waals surface area contributed by atoms with E-state index in [-0.39, 0.29) is 16.9 Å². The van der Waals surface area contributed by atoms with Crippen LogP contribution in [0.15, 0.2) is 36.4 Å². The van der Waals surface area contributed by atoms with Gasteiger partial charge in [0.15, 0.2) is 0 Å². The molecule has 3 aliphatic rings. The lowest BCUT2D eigenvalue weighted by Crippen LogP contribution is -2.59. The number of phenolic OH excluding ortho intramolecular Hbond substituents is 1. The molecule has 1 saturated heterocycles. The summed E-state index contributed by atoms with van der Waals surface area (Å²) in [4.78, 5) is 0. The Kier molecular flexibility index (Phi) is 4.32. The molecule has 1 aliphatic heterocycles. The number of hydrogen-bond acceptors (Lipinski definition) is 3. The minimum Gasteiger partial charge on any atom is -0.506 e. The number of anilines is 2. The number of alkyl halides is 3. The molecule has 2 aliphatic carbocycles. The minimum absolute atomic E-state index is 0.0245. The first kappa shape index (κ1) is 18.8. The molecule has 0 unspecified atom stereocenters. The summed E-state index contributed by atoms with van der Waals surface area (Å²) in [5, 5.41) is 17.3. The second kappa shape index (κ2) is 6.66. The van der Waals surface area contributed by atoms with Crippen LogP contribution in [0.5, 0.6) is 5.75 Å². The highest BCUT2D eigenvalue weighted by Crippen LogP contribution is 2.55. The van der Waals surface area contributed by atoms with Crippen molar-refractivity contribution in [2.75, 3.05) is 11.9 Å². The quantitative estimate of drug-likeness (QED) is 0.581. The fourth-order valence-electron chi connectivity index (χ4n) is 6.06. The van der Waals surface area contributed by atoms with E-state index in [1.807, 2.05) is 12.1 Å². The Morgan fingerprint density at radius 1 is 1.07 bits per heavy atom. The first-order chi connectivity index (χ1) is 13.9. The zero-order chi connectivity index (χ0) is 20.2. The number of para-hydroxylation sites is 1. The standard InChI is InChI=1S/C23H25F3N2O/c24-23(25,26)16-6-1-2-7-18(16)28-20-12-14-11-19-15-5-3-4-8-22(15,9-10-27-19)17(14)13-21(20)29/h1-2,6-7,12-13,15,19,27-29H,3-5,8-11H2/t15-,19+,22+/m0/s1. The van der Waals surface area contributed by atoms with Crippen LogP contribution in [0.4, 0.5) is 24.5 Å². The van der Waals surface area contributed by atoms with Gasteiger partial charge in [-0.25, -0.2) is 0 Å². The lowest BCUT2D eigenvalue weighted by Gasteiger charge is -2.56. The van der Waals surface area contributed by atoms with Crippen molar-refractivity contribution in [1.29, 1.82) is 0 Å². The second-order valence-electron chi connectivity index (χ2n) is 8.72. The summed E-state index contributed by atoms with van der Waals surface area (Å²) in [6.45, 7) is 0.986. The summed E-state index contributed by atoms with van der Waals surface area (Å²) in [5.74, 6) is 0.609. The molecule has 3 nitrogen and oxygen atoms in total. The summed E-state index contributed by atoms with van der Waals surface area (Å²) in [7, 11) is 0. The van der Waals surface area contributed by atoms with Crippen molar-refractivity contribution in [2.45, 2.75) is 56.2 Å². The van der Waals surface area contributed by atoms with Crippen molar-refractivity contribution >= 4 is 11.4 Å². The van der Waals surface area contributed by atoms with Crippen molar-refractivity contribution < 1.29 is 18.3 Å². The number of hydrogen-bond donors (Lipinski definition) is 3. The number of fused-ring (bicyclic) bond motifs is 1. The first-order valence-corrected chi connectivity index (χ1v) is 10.4. The first-order valence-electron chi connectivity index (χ1n) is 10.4. The van der Waals surface area contributed by atoms with Gasteiger partial charge in [0.25, 0.3) is 0 Å². The molecule has 0 aromatic heterocycles. The third-order valence-corrected chi connectivity index (χ3v) is 7.26. The van der Waals surface area contributed by atoms with Gasteiger partial charge in [0.2, 0.25) is 0 Å². The fraction of sp³-hybridized carbons (Fsp3) is 0.478. The SMILES string of the molecule is Oc1cc2c(cc1Nc1ccccc1C(F)(F)F)C[C@H]1NCC[C@@]23CCCC[C@@H]13. The monoisotopic (exact) mass is 402 g/mol. The molecule has 1 heterocycles. The molecule has 5 rings (SSSR count). The van der Waals surface area contributed by atoms with Gasteiger partial charge in [0.1, 0.15) is 5.75 Å². The van der Waals surface area contributed by atoms with Crippen molar-refractivity contribution in [3.05, 3.63) is 53.1 Å². The van der Waals surface area contributed by atoms with E-state index in [0.29, 0.717) is 17.6 Å². The van der Waals surface area contributed by atoms with Gasteiger partial charge in [-0.05, 0) is 73.5 Å². The molecule has 2 aromatic rings. The Labute approximate surface area is 168 Å². The number of phenols is 1. The lowest BCUT2D eigenvalue weighted by atomic mass is 9.53. The van der Waals surface area contributed by atoms with E-state index in [4.69, 9.17) is 0 Å². The third-order valence-electron chi connectivity index (χ3n) is 7.26. The largest absolute Gasteiger partial charge is 0.506 e. The molecule has 3 atom stereocenters. The number of piperidine rings is 1. The van der Waals surface area contributed by atoms with Gasteiger partial charge in [0.05, 0.1) is 16.9 Å². The van der Waals surface area contributed by atoms with Crippen LogP contribution >= 0.6 is 0 Å². The van der Waals surface area contributed by atoms with Crippen LogP contribution in [0, 0.1) is 5.92 Å². The predicted octanol–water partition coefficient (Wildman–Crippen LogP) is 5.50. The molecule has 154 valence electrons. The van der Waals surface area contributed by atoms with Crippen LogP contribution < -0.4 is 10.6 Å². The summed E-state index contributed by atoms with van der Waals surface area (Å²) in [6, 6.07) is 9.49. The Bertz CT molecular complexity index is 938. The van der Waals surface area contributed by atoms with E-state index in [1.165, 1.54) is 37.0 Å². The van der Waals surface area contributed by atoms with Gasteiger partial charge >= 0.3 is 6.18 Å². The van der Waals surface area contributed by atoms with Crippen molar-refractivity contribution in [3.8, 4) is 5.75 Å². The molecular formula is C23H25F3N2O. The van der Waals surface area contributed by atoms with Crippen LogP contribution in [0.3, 0.4) is 0 Å². The second-order valence-corrected chi connectivity index (χ2v) is 8.72. The number of halogens is 3. The molecule has 29 heavy (non-hydrogen) atoms. The average Bonchev–Trinajstić information content (AvgIpc) is 2.69. The molecular weight excluding hydrogens is 377 g/mol. The smallest absolute Gasteiger partial charge is 0.418 e. The molecule has 6 heteroatoms. The molecule has 2 bridgehead atoms. The van der Waals surface area contributed by atoms with Gasteiger partial charge in [-0.3, -0.25) is 0 Å². The number of benzene rings is 2. The van der Waals surface area contributed by atoms with E-state index in [9.17, 15) is 18.3 Å². The van der Waals surface area contributed by atoms with Gasteiger partial charge < -0.3 is 15.7 Å². The maximum atomic E-state index is 13.4. The lowest BCUT2D eigenvalue weighted by molar-refractivity contribution is -0.136. The highest BCUT2D eigenvalue weighted by molar-refractivity contribution is 5.71. The third kappa shape index (κ3) is 3.00. The maximum Gasteiger partial charge on any atom is 0.418 e. The summed E-state index contributed by atoms with van der Waals surface area (Å²) < 4.78 is 40.1. The van der Waals surface area contributed by atoms with E-state index in [1.54, 1.807) is 6.07 Å². The molecule has 0 radical (unpaired) electrons. The van der Waals surface area contributed by atoms with Crippen molar-refractivity contribution in [3.63, 3.8) is 0 Å². The minimum atomic E-state index is -4.46. The van der Waals surface area contributed by atoms with Crippen LogP contribution in [0.25, 0.3) is 0 Å².